The molecule has 2 aliphatic rings. The van der Waals surface area contributed by atoms with Crippen LogP contribution in [0.5, 0.6) is 5.75 Å². The predicted molar refractivity (Wildman–Crippen MR) is 118 cm³/mol. The maximum atomic E-state index is 13.0. The zero-order valence-electron chi connectivity index (χ0n) is 17.5. The average Bonchev–Trinajstić information content (AvgIpc) is 3.22. The second-order valence-corrected chi connectivity index (χ2v) is 10.4. The lowest BCUT2D eigenvalue weighted by Crippen LogP contribution is -2.25. The lowest BCUT2D eigenvalue weighted by Gasteiger charge is -2.26. The summed E-state index contributed by atoms with van der Waals surface area (Å²) in [5.74, 6) is -0.283. The summed E-state index contributed by atoms with van der Waals surface area (Å²) >= 11 is 0. The van der Waals surface area contributed by atoms with Crippen molar-refractivity contribution in [1.82, 2.24) is 4.57 Å². The Balaban J connectivity index is 1.59. The molecule has 162 valence electrons. The Kier molecular flexibility index (Phi) is 5.53. The summed E-state index contributed by atoms with van der Waals surface area (Å²) in [6.07, 6.45) is 6.52. The van der Waals surface area contributed by atoms with E-state index in [1.807, 2.05) is 19.9 Å². The highest BCUT2D eigenvalue weighted by atomic mass is 32.2. The van der Waals surface area contributed by atoms with Crippen LogP contribution in [0.25, 0.3) is 0 Å². The standard InChI is InChI=1S/C22H29N3O4S/c1-15-13-19(16(2)25(15)17-7-4-3-5-8-17)22(27)23-20-14-18(9-10-21(20)26)24-11-6-12-30(24,28)29/h9-10,13-14,17,26H,3-8,11-12H2,1-2H3,(H,23,27). The Morgan fingerprint density at radius 3 is 2.50 bits per heavy atom. The van der Waals surface area contributed by atoms with E-state index in [4.69, 9.17) is 0 Å². The molecular weight excluding hydrogens is 402 g/mol. The van der Waals surface area contributed by atoms with Crippen LogP contribution in [0, 0.1) is 13.8 Å². The third kappa shape index (κ3) is 3.80. The average molecular weight is 432 g/mol. The summed E-state index contributed by atoms with van der Waals surface area (Å²) < 4.78 is 28.0. The summed E-state index contributed by atoms with van der Waals surface area (Å²) in [5, 5.41) is 13.0. The second-order valence-electron chi connectivity index (χ2n) is 8.34. The van der Waals surface area contributed by atoms with Gasteiger partial charge in [0.05, 0.1) is 22.7 Å². The predicted octanol–water partition coefficient (Wildman–Crippen LogP) is 4.11. The van der Waals surface area contributed by atoms with Gasteiger partial charge in [-0.05, 0) is 57.4 Å². The van der Waals surface area contributed by atoms with Crippen molar-refractivity contribution < 1.29 is 18.3 Å². The van der Waals surface area contributed by atoms with Gasteiger partial charge in [-0.2, -0.15) is 0 Å². The fraction of sp³-hybridized carbons (Fsp3) is 0.500. The minimum atomic E-state index is -3.34. The van der Waals surface area contributed by atoms with Gasteiger partial charge in [0.2, 0.25) is 10.0 Å². The fourth-order valence-electron chi connectivity index (χ4n) is 4.81. The van der Waals surface area contributed by atoms with Crippen LogP contribution in [0.4, 0.5) is 11.4 Å². The molecule has 2 aromatic rings. The molecular formula is C22H29N3O4S. The van der Waals surface area contributed by atoms with Gasteiger partial charge < -0.3 is 15.0 Å². The molecule has 30 heavy (non-hydrogen) atoms. The van der Waals surface area contributed by atoms with Crippen molar-refractivity contribution in [3.8, 4) is 5.75 Å². The highest BCUT2D eigenvalue weighted by Gasteiger charge is 2.29. The van der Waals surface area contributed by atoms with Crippen molar-refractivity contribution in [2.24, 2.45) is 0 Å². The first kappa shape index (κ1) is 20.8. The number of aryl methyl sites for hydroxylation is 1. The lowest BCUT2D eigenvalue weighted by atomic mass is 9.95. The van der Waals surface area contributed by atoms with Crippen molar-refractivity contribution in [1.29, 1.82) is 0 Å². The molecule has 0 radical (unpaired) electrons. The molecule has 0 spiro atoms. The third-order valence-corrected chi connectivity index (χ3v) is 8.15. The van der Waals surface area contributed by atoms with Gasteiger partial charge in [-0.3, -0.25) is 9.10 Å². The molecule has 2 fully saturated rings. The van der Waals surface area contributed by atoms with Crippen LogP contribution in [-0.2, 0) is 10.0 Å². The highest BCUT2D eigenvalue weighted by Crippen LogP contribution is 2.34. The Labute approximate surface area is 177 Å². The smallest absolute Gasteiger partial charge is 0.257 e. The Morgan fingerprint density at radius 1 is 1.10 bits per heavy atom. The Bertz CT molecular complexity index is 1070. The minimum Gasteiger partial charge on any atom is -0.506 e. The number of phenolic OH excluding ortho intramolecular Hbond substituents is 1. The van der Waals surface area contributed by atoms with Gasteiger partial charge in [-0.25, -0.2) is 8.42 Å². The third-order valence-electron chi connectivity index (χ3n) is 6.28. The molecule has 4 rings (SSSR count). The first-order valence-electron chi connectivity index (χ1n) is 10.6. The van der Waals surface area contributed by atoms with Gasteiger partial charge in [0, 0.05) is 24.0 Å². The van der Waals surface area contributed by atoms with E-state index < -0.39 is 10.0 Å². The fourth-order valence-corrected chi connectivity index (χ4v) is 6.36. The zero-order chi connectivity index (χ0) is 21.5. The molecule has 0 atom stereocenters. The summed E-state index contributed by atoms with van der Waals surface area (Å²) in [7, 11) is -3.34. The van der Waals surface area contributed by atoms with Gasteiger partial charge in [0.1, 0.15) is 5.75 Å². The molecule has 1 aliphatic carbocycles. The number of nitrogens with one attached hydrogen (secondary N) is 1. The van der Waals surface area contributed by atoms with Crippen molar-refractivity contribution in [3.63, 3.8) is 0 Å². The molecule has 1 saturated carbocycles. The molecule has 7 nitrogen and oxygen atoms in total. The first-order valence-corrected chi connectivity index (χ1v) is 12.2. The normalized spacial score (nSPS) is 19.2. The molecule has 2 heterocycles. The number of aromatic nitrogens is 1. The van der Waals surface area contributed by atoms with Crippen LogP contribution < -0.4 is 9.62 Å². The number of hydrogen-bond acceptors (Lipinski definition) is 4. The van der Waals surface area contributed by atoms with Crippen molar-refractivity contribution in [3.05, 3.63) is 41.2 Å². The lowest BCUT2D eigenvalue weighted by molar-refractivity contribution is 0.102. The van der Waals surface area contributed by atoms with Crippen molar-refractivity contribution >= 4 is 27.3 Å². The molecule has 8 heteroatoms. The molecule has 0 bridgehead atoms. The van der Waals surface area contributed by atoms with Crippen LogP contribution in [0.15, 0.2) is 24.3 Å². The number of benzene rings is 1. The van der Waals surface area contributed by atoms with Crippen molar-refractivity contribution in [2.75, 3.05) is 21.9 Å². The van der Waals surface area contributed by atoms with Crippen LogP contribution in [0.2, 0.25) is 0 Å². The molecule has 0 unspecified atom stereocenters. The van der Waals surface area contributed by atoms with Gasteiger partial charge >= 0.3 is 0 Å². The quantitative estimate of drug-likeness (QED) is 0.713. The number of sulfonamides is 1. The largest absolute Gasteiger partial charge is 0.506 e. The summed E-state index contributed by atoms with van der Waals surface area (Å²) in [6.45, 7) is 4.39. The molecule has 1 saturated heterocycles. The molecule has 1 aromatic carbocycles. The van der Waals surface area contributed by atoms with Crippen LogP contribution >= 0.6 is 0 Å². The van der Waals surface area contributed by atoms with E-state index in [0.29, 0.717) is 30.3 Å². The Morgan fingerprint density at radius 2 is 1.83 bits per heavy atom. The summed E-state index contributed by atoms with van der Waals surface area (Å²) in [4.78, 5) is 13.0. The first-order chi connectivity index (χ1) is 14.3. The molecule has 1 amide bonds. The maximum absolute atomic E-state index is 13.0. The van der Waals surface area contributed by atoms with E-state index in [9.17, 15) is 18.3 Å². The monoisotopic (exact) mass is 431 g/mol. The van der Waals surface area contributed by atoms with Crippen LogP contribution in [0.3, 0.4) is 0 Å². The Hall–Kier alpha value is -2.48. The number of hydrogen-bond donors (Lipinski definition) is 2. The highest BCUT2D eigenvalue weighted by molar-refractivity contribution is 7.93. The van der Waals surface area contributed by atoms with E-state index in [2.05, 4.69) is 9.88 Å². The van der Waals surface area contributed by atoms with Gasteiger partial charge in [-0.15, -0.1) is 0 Å². The number of anilines is 2. The van der Waals surface area contributed by atoms with E-state index in [1.165, 1.54) is 35.7 Å². The van der Waals surface area contributed by atoms with E-state index in [1.54, 1.807) is 6.07 Å². The summed E-state index contributed by atoms with van der Waals surface area (Å²) in [6, 6.07) is 6.83. The number of amides is 1. The number of aromatic hydroxyl groups is 1. The molecule has 2 N–H and O–H groups in total. The number of carbonyl (C=O) groups excluding carboxylic acids is 1. The van der Waals surface area contributed by atoms with Crippen LogP contribution in [0.1, 0.15) is 66.3 Å². The number of nitrogens with zero attached hydrogens (tertiary/aromatic N) is 2. The van der Waals surface area contributed by atoms with Crippen LogP contribution in [-0.4, -0.2) is 36.3 Å². The number of carbonyl (C=O) groups is 1. The van der Waals surface area contributed by atoms with E-state index in [-0.39, 0.29) is 23.1 Å². The van der Waals surface area contributed by atoms with Gasteiger partial charge in [0.25, 0.3) is 5.91 Å². The second kappa shape index (κ2) is 7.98. The van der Waals surface area contributed by atoms with E-state index in [0.717, 1.165) is 24.2 Å². The SMILES string of the molecule is Cc1cc(C(=O)Nc2cc(N3CCCS3(=O)=O)ccc2O)c(C)n1C1CCCCC1. The minimum absolute atomic E-state index is 0.0928. The molecule has 1 aliphatic heterocycles. The number of rotatable bonds is 4. The maximum Gasteiger partial charge on any atom is 0.257 e. The summed E-state index contributed by atoms with van der Waals surface area (Å²) in [5.41, 5.74) is 3.23. The number of phenols is 1. The topological polar surface area (TPSA) is 91.6 Å². The van der Waals surface area contributed by atoms with Gasteiger partial charge in [0.15, 0.2) is 0 Å². The zero-order valence-corrected chi connectivity index (χ0v) is 18.3. The molecule has 1 aromatic heterocycles. The van der Waals surface area contributed by atoms with E-state index >= 15 is 0 Å². The van der Waals surface area contributed by atoms with Crippen molar-refractivity contribution in [2.45, 2.75) is 58.4 Å². The van der Waals surface area contributed by atoms with Gasteiger partial charge in [-0.1, -0.05) is 19.3 Å².